The van der Waals surface area contributed by atoms with Crippen LogP contribution in [-0.2, 0) is 6.54 Å². The fourth-order valence-corrected chi connectivity index (χ4v) is 2.35. The lowest BCUT2D eigenvalue weighted by atomic mass is 10.0. The Morgan fingerprint density at radius 1 is 1.60 bits per heavy atom. The lowest BCUT2D eigenvalue weighted by Gasteiger charge is -2.33. The summed E-state index contributed by atoms with van der Waals surface area (Å²) in [4.78, 5) is 23.9. The van der Waals surface area contributed by atoms with Gasteiger partial charge >= 0.3 is 11.7 Å². The minimum absolute atomic E-state index is 0.0408. The highest BCUT2D eigenvalue weighted by Crippen LogP contribution is 2.16. The van der Waals surface area contributed by atoms with Crippen molar-refractivity contribution in [1.82, 2.24) is 20.0 Å². The van der Waals surface area contributed by atoms with E-state index in [1.54, 1.807) is 0 Å². The first-order chi connectivity index (χ1) is 9.58. The summed E-state index contributed by atoms with van der Waals surface area (Å²) in [7, 11) is 0. The molecule has 1 aliphatic rings. The maximum atomic E-state index is 12.0. The Bertz CT molecular complexity index is 487. The molecule has 0 aromatic carbocycles. The summed E-state index contributed by atoms with van der Waals surface area (Å²) in [5.41, 5.74) is -0.0408. The zero-order valence-corrected chi connectivity index (χ0v) is 11.5. The van der Waals surface area contributed by atoms with Gasteiger partial charge in [-0.1, -0.05) is 0 Å². The van der Waals surface area contributed by atoms with Gasteiger partial charge in [0.2, 0.25) is 0 Å². The van der Waals surface area contributed by atoms with Crippen molar-refractivity contribution < 1.29 is 9.72 Å². The van der Waals surface area contributed by atoms with E-state index in [9.17, 15) is 14.9 Å². The van der Waals surface area contributed by atoms with Crippen LogP contribution in [0.4, 0.5) is 10.5 Å². The third kappa shape index (κ3) is 3.46. The molecule has 1 atom stereocenters. The van der Waals surface area contributed by atoms with Crippen LogP contribution in [0.2, 0.25) is 0 Å². The van der Waals surface area contributed by atoms with Gasteiger partial charge in [0, 0.05) is 19.1 Å². The lowest BCUT2D eigenvalue weighted by molar-refractivity contribution is -0.385. The van der Waals surface area contributed by atoms with Crippen LogP contribution < -0.4 is 5.32 Å². The van der Waals surface area contributed by atoms with Gasteiger partial charge in [-0.15, -0.1) is 0 Å². The average molecular weight is 281 g/mol. The van der Waals surface area contributed by atoms with E-state index in [2.05, 4.69) is 17.3 Å². The SMILES string of the molecule is CC1CCCCN1C(=O)NCCn1cc([N+](=O)[O-])cn1. The lowest BCUT2D eigenvalue weighted by Crippen LogP contribution is -2.48. The summed E-state index contributed by atoms with van der Waals surface area (Å²) < 4.78 is 1.46. The highest BCUT2D eigenvalue weighted by atomic mass is 16.6. The maximum absolute atomic E-state index is 12.0. The fraction of sp³-hybridized carbons (Fsp3) is 0.667. The number of nitro groups is 1. The molecular formula is C12H19N5O3. The van der Waals surface area contributed by atoms with Crippen molar-refractivity contribution >= 4 is 11.7 Å². The molecule has 2 amide bonds. The molecule has 1 aliphatic heterocycles. The van der Waals surface area contributed by atoms with Crippen LogP contribution in [0.15, 0.2) is 12.4 Å². The molecule has 0 aliphatic carbocycles. The summed E-state index contributed by atoms with van der Waals surface area (Å²) >= 11 is 0. The van der Waals surface area contributed by atoms with Gasteiger partial charge in [-0.05, 0) is 26.2 Å². The molecule has 20 heavy (non-hydrogen) atoms. The summed E-state index contributed by atoms with van der Waals surface area (Å²) in [5, 5.41) is 17.2. The quantitative estimate of drug-likeness (QED) is 0.666. The van der Waals surface area contributed by atoms with Crippen molar-refractivity contribution in [2.24, 2.45) is 0 Å². The Balaban J connectivity index is 1.77. The highest BCUT2D eigenvalue weighted by molar-refractivity contribution is 5.74. The number of carbonyl (C=O) groups excluding carboxylic acids is 1. The number of rotatable bonds is 4. The second-order valence-electron chi connectivity index (χ2n) is 4.99. The van der Waals surface area contributed by atoms with Crippen LogP contribution in [0, 0.1) is 10.1 Å². The number of hydrogen-bond donors (Lipinski definition) is 1. The van der Waals surface area contributed by atoms with E-state index in [1.807, 2.05) is 4.90 Å². The summed E-state index contributed by atoms with van der Waals surface area (Å²) in [6.07, 6.45) is 5.81. The average Bonchev–Trinajstić information content (AvgIpc) is 2.88. The predicted octanol–water partition coefficient (Wildman–Crippen LogP) is 1.38. The van der Waals surface area contributed by atoms with Crippen LogP contribution in [0.25, 0.3) is 0 Å². The third-order valence-electron chi connectivity index (χ3n) is 3.51. The van der Waals surface area contributed by atoms with Gasteiger partial charge in [0.05, 0.1) is 11.5 Å². The van der Waals surface area contributed by atoms with Gasteiger partial charge in [0.15, 0.2) is 0 Å². The molecule has 8 nitrogen and oxygen atoms in total. The van der Waals surface area contributed by atoms with Crippen molar-refractivity contribution in [3.05, 3.63) is 22.5 Å². The largest absolute Gasteiger partial charge is 0.336 e. The molecule has 2 heterocycles. The second kappa shape index (κ2) is 6.36. The molecule has 1 aromatic heterocycles. The van der Waals surface area contributed by atoms with Gasteiger partial charge in [-0.25, -0.2) is 4.79 Å². The van der Waals surface area contributed by atoms with Gasteiger partial charge in [0.25, 0.3) is 0 Å². The molecule has 1 aromatic rings. The molecule has 0 radical (unpaired) electrons. The monoisotopic (exact) mass is 281 g/mol. The van der Waals surface area contributed by atoms with Crippen molar-refractivity contribution in [1.29, 1.82) is 0 Å². The molecule has 2 rings (SSSR count). The Hall–Kier alpha value is -2.12. The zero-order valence-electron chi connectivity index (χ0n) is 11.5. The number of piperidine rings is 1. The molecule has 8 heteroatoms. The number of nitrogens with one attached hydrogen (secondary N) is 1. The zero-order chi connectivity index (χ0) is 14.5. The van der Waals surface area contributed by atoms with E-state index in [0.29, 0.717) is 13.1 Å². The van der Waals surface area contributed by atoms with Crippen molar-refractivity contribution in [3.8, 4) is 0 Å². The molecule has 0 spiro atoms. The van der Waals surface area contributed by atoms with Crippen LogP contribution >= 0.6 is 0 Å². The topological polar surface area (TPSA) is 93.3 Å². The van der Waals surface area contributed by atoms with Crippen LogP contribution in [0.1, 0.15) is 26.2 Å². The smallest absolute Gasteiger partial charge is 0.317 e. The Labute approximate surface area is 116 Å². The van der Waals surface area contributed by atoms with E-state index in [0.717, 1.165) is 19.4 Å². The second-order valence-corrected chi connectivity index (χ2v) is 4.99. The Morgan fingerprint density at radius 3 is 3.05 bits per heavy atom. The van der Waals surface area contributed by atoms with Crippen molar-refractivity contribution in [2.45, 2.75) is 38.8 Å². The Kier molecular flexibility index (Phi) is 4.54. The number of urea groups is 1. The van der Waals surface area contributed by atoms with Crippen LogP contribution in [0.5, 0.6) is 0 Å². The summed E-state index contributed by atoms with van der Waals surface area (Å²) in [6.45, 7) is 3.67. The van der Waals surface area contributed by atoms with Gasteiger partial charge in [0.1, 0.15) is 12.4 Å². The predicted molar refractivity (Wildman–Crippen MR) is 72.3 cm³/mol. The standard InChI is InChI=1S/C12H19N5O3/c1-10-4-2-3-6-16(10)12(18)13-5-7-15-9-11(8-14-15)17(19)20/h8-10H,2-7H2,1H3,(H,13,18). The number of hydrogen-bond acceptors (Lipinski definition) is 4. The number of carbonyl (C=O) groups is 1. The van der Waals surface area contributed by atoms with E-state index in [1.165, 1.54) is 23.5 Å². The number of nitrogens with zero attached hydrogens (tertiary/aromatic N) is 4. The van der Waals surface area contributed by atoms with E-state index >= 15 is 0 Å². The van der Waals surface area contributed by atoms with Gasteiger partial charge in [-0.3, -0.25) is 14.8 Å². The van der Waals surface area contributed by atoms with Gasteiger partial charge < -0.3 is 10.2 Å². The van der Waals surface area contributed by atoms with E-state index < -0.39 is 4.92 Å². The third-order valence-corrected chi connectivity index (χ3v) is 3.51. The molecular weight excluding hydrogens is 262 g/mol. The first-order valence-corrected chi connectivity index (χ1v) is 6.79. The maximum Gasteiger partial charge on any atom is 0.317 e. The van der Waals surface area contributed by atoms with Crippen molar-refractivity contribution in [2.75, 3.05) is 13.1 Å². The first-order valence-electron chi connectivity index (χ1n) is 6.79. The molecule has 1 fully saturated rings. The molecule has 0 saturated carbocycles. The number of aromatic nitrogens is 2. The normalized spacial score (nSPS) is 18.9. The number of amides is 2. The first kappa shape index (κ1) is 14.3. The Morgan fingerprint density at radius 2 is 2.40 bits per heavy atom. The molecule has 1 saturated heterocycles. The van der Waals surface area contributed by atoms with E-state index in [-0.39, 0.29) is 17.8 Å². The van der Waals surface area contributed by atoms with Crippen LogP contribution in [-0.4, -0.2) is 44.8 Å². The minimum atomic E-state index is -0.489. The van der Waals surface area contributed by atoms with Crippen molar-refractivity contribution in [3.63, 3.8) is 0 Å². The summed E-state index contributed by atoms with van der Waals surface area (Å²) in [5.74, 6) is 0. The van der Waals surface area contributed by atoms with Crippen LogP contribution in [0.3, 0.4) is 0 Å². The molecule has 0 bridgehead atoms. The van der Waals surface area contributed by atoms with E-state index in [4.69, 9.17) is 0 Å². The minimum Gasteiger partial charge on any atom is -0.336 e. The molecule has 1 unspecified atom stereocenters. The molecule has 110 valence electrons. The fourth-order valence-electron chi connectivity index (χ4n) is 2.35. The van der Waals surface area contributed by atoms with Gasteiger partial charge in [-0.2, -0.15) is 5.10 Å². The number of likely N-dealkylation sites (tertiary alicyclic amines) is 1. The summed E-state index contributed by atoms with van der Waals surface area (Å²) in [6, 6.07) is 0.202. The highest BCUT2D eigenvalue weighted by Gasteiger charge is 2.22. The molecule has 1 N–H and O–H groups in total.